The van der Waals surface area contributed by atoms with E-state index in [2.05, 4.69) is 26.2 Å². The third-order valence-corrected chi connectivity index (χ3v) is 5.68. The smallest absolute Gasteiger partial charge is 0.295 e. The van der Waals surface area contributed by atoms with Crippen LogP contribution in [0.5, 0.6) is 0 Å². The van der Waals surface area contributed by atoms with Crippen LogP contribution in [0, 0.1) is 6.92 Å². The summed E-state index contributed by atoms with van der Waals surface area (Å²) in [6.45, 7) is 1.80. The Morgan fingerprint density at radius 1 is 0.969 bits per heavy atom. The number of anilines is 1. The predicted octanol–water partition coefficient (Wildman–Crippen LogP) is 5.25. The molecule has 0 aliphatic heterocycles. The van der Waals surface area contributed by atoms with E-state index < -0.39 is 0 Å². The monoisotopic (exact) mass is 488 g/mol. The highest BCUT2D eigenvalue weighted by molar-refractivity contribution is 9.10. The van der Waals surface area contributed by atoms with E-state index in [4.69, 9.17) is 0 Å². The Kier molecular flexibility index (Phi) is 6.18. The van der Waals surface area contributed by atoms with E-state index in [0.29, 0.717) is 11.3 Å². The number of aromatic nitrogens is 2. The van der Waals surface area contributed by atoms with E-state index in [1.165, 1.54) is 4.68 Å². The van der Waals surface area contributed by atoms with Crippen molar-refractivity contribution in [2.75, 3.05) is 5.32 Å². The zero-order valence-corrected chi connectivity index (χ0v) is 19.2. The first-order valence-electron chi connectivity index (χ1n) is 9.99. The molecule has 0 spiro atoms. The number of nitrogens with zero attached hydrogens (tertiary/aromatic N) is 3. The second-order valence-electron chi connectivity index (χ2n) is 7.25. The van der Waals surface area contributed by atoms with Crippen molar-refractivity contribution in [3.05, 3.63) is 111 Å². The first-order chi connectivity index (χ1) is 15.4. The van der Waals surface area contributed by atoms with Gasteiger partial charge in [0.2, 0.25) is 0 Å². The zero-order chi connectivity index (χ0) is 22.7. The lowest BCUT2D eigenvalue weighted by molar-refractivity contribution is 0.102. The van der Waals surface area contributed by atoms with Crippen molar-refractivity contribution in [1.29, 1.82) is 0 Å². The zero-order valence-electron chi connectivity index (χ0n) is 17.6. The summed E-state index contributed by atoms with van der Waals surface area (Å²) in [6.07, 6.45) is 1.76. The summed E-state index contributed by atoms with van der Waals surface area (Å²) in [6, 6.07) is 24.0. The van der Waals surface area contributed by atoms with E-state index >= 15 is 0 Å². The van der Waals surface area contributed by atoms with Crippen molar-refractivity contribution in [2.45, 2.75) is 6.92 Å². The van der Waals surface area contributed by atoms with Gasteiger partial charge in [-0.05, 0) is 61.0 Å². The van der Waals surface area contributed by atoms with Gasteiger partial charge in [0.1, 0.15) is 5.69 Å². The lowest BCUT2D eigenvalue weighted by Crippen LogP contribution is -2.22. The van der Waals surface area contributed by atoms with Gasteiger partial charge < -0.3 is 5.32 Å². The number of hydrogen-bond donors (Lipinski definition) is 1. The first-order valence-corrected chi connectivity index (χ1v) is 10.8. The lowest BCUT2D eigenvalue weighted by Gasteiger charge is -2.07. The van der Waals surface area contributed by atoms with Crippen LogP contribution in [-0.4, -0.2) is 21.5 Å². The van der Waals surface area contributed by atoms with E-state index in [-0.39, 0.29) is 17.2 Å². The Morgan fingerprint density at radius 2 is 1.62 bits per heavy atom. The molecule has 32 heavy (non-hydrogen) atoms. The first kappa shape index (κ1) is 21.5. The molecule has 4 aromatic rings. The highest BCUT2D eigenvalue weighted by Crippen LogP contribution is 2.17. The molecule has 0 bridgehead atoms. The molecule has 1 aromatic heterocycles. The molecule has 7 heteroatoms. The Hall–Kier alpha value is -3.71. The van der Waals surface area contributed by atoms with Gasteiger partial charge in [0, 0.05) is 23.3 Å². The summed E-state index contributed by atoms with van der Waals surface area (Å²) in [5.41, 5.74) is 3.54. The molecule has 0 atom stereocenters. The van der Waals surface area contributed by atoms with Gasteiger partial charge in [-0.3, -0.25) is 19.3 Å². The van der Waals surface area contributed by atoms with Crippen LogP contribution in [-0.2, 0) is 7.05 Å². The van der Waals surface area contributed by atoms with Crippen LogP contribution in [0.3, 0.4) is 0 Å². The normalized spacial score (nSPS) is 11.1. The number of carbonyl (C=O) groups excluding carboxylic acids is 1. The molecule has 1 amide bonds. The fraction of sp³-hybridized carbons (Fsp3) is 0.0800. The molecule has 0 aliphatic carbocycles. The molecule has 6 nitrogen and oxygen atoms in total. The number of carbonyl (C=O) groups is 1. The van der Waals surface area contributed by atoms with Crippen molar-refractivity contribution in [3.63, 3.8) is 0 Å². The maximum absolute atomic E-state index is 13.0. The highest BCUT2D eigenvalue weighted by Gasteiger charge is 2.18. The predicted molar refractivity (Wildman–Crippen MR) is 132 cm³/mol. The van der Waals surface area contributed by atoms with Gasteiger partial charge in [-0.25, -0.2) is 4.68 Å². The molecule has 3 aromatic carbocycles. The molecule has 0 radical (unpaired) electrons. The van der Waals surface area contributed by atoms with Gasteiger partial charge in [0.05, 0.1) is 17.1 Å². The van der Waals surface area contributed by atoms with Gasteiger partial charge in [0.25, 0.3) is 11.5 Å². The Balaban J connectivity index is 1.52. The van der Waals surface area contributed by atoms with Gasteiger partial charge in [-0.2, -0.15) is 0 Å². The van der Waals surface area contributed by atoms with Crippen LogP contribution in [0.1, 0.15) is 21.6 Å². The van der Waals surface area contributed by atoms with Crippen molar-refractivity contribution < 1.29 is 4.79 Å². The largest absolute Gasteiger partial charge is 0.316 e. The fourth-order valence-corrected chi connectivity index (χ4v) is 3.56. The lowest BCUT2D eigenvalue weighted by atomic mass is 10.2. The van der Waals surface area contributed by atoms with Crippen LogP contribution < -0.4 is 10.9 Å². The van der Waals surface area contributed by atoms with E-state index in [0.717, 1.165) is 21.4 Å². The summed E-state index contributed by atoms with van der Waals surface area (Å²) in [7, 11) is 1.79. The highest BCUT2D eigenvalue weighted by atomic mass is 79.9. The molecule has 0 aliphatic rings. The van der Waals surface area contributed by atoms with Gasteiger partial charge >= 0.3 is 0 Å². The second kappa shape index (κ2) is 9.20. The quantitative estimate of drug-likeness (QED) is 0.389. The minimum Gasteiger partial charge on any atom is -0.316 e. The van der Waals surface area contributed by atoms with Crippen molar-refractivity contribution in [1.82, 2.24) is 9.36 Å². The maximum Gasteiger partial charge on any atom is 0.295 e. The van der Waals surface area contributed by atoms with Crippen LogP contribution in [0.4, 0.5) is 11.4 Å². The Bertz CT molecular complexity index is 1340. The summed E-state index contributed by atoms with van der Waals surface area (Å²) in [5.74, 6) is -0.348. The van der Waals surface area contributed by atoms with Crippen LogP contribution in [0.2, 0.25) is 0 Å². The van der Waals surface area contributed by atoms with Crippen molar-refractivity contribution in [2.24, 2.45) is 12.0 Å². The Labute approximate surface area is 194 Å². The second-order valence-corrected chi connectivity index (χ2v) is 8.16. The molecule has 1 heterocycles. The van der Waals surface area contributed by atoms with Crippen LogP contribution in [0.25, 0.3) is 5.69 Å². The fourth-order valence-electron chi connectivity index (χ4n) is 3.29. The minimum atomic E-state index is -0.348. The molecular formula is C25H21BrN4O2. The molecular weight excluding hydrogens is 468 g/mol. The molecule has 0 saturated heterocycles. The Morgan fingerprint density at radius 3 is 2.28 bits per heavy atom. The summed E-state index contributed by atoms with van der Waals surface area (Å²) >= 11 is 3.41. The minimum absolute atomic E-state index is 0.263. The SMILES string of the molecule is Cc1c(NC(=O)c2ccc(N=Cc3ccc(Br)cc3)cc2)c(=O)n(-c2ccccc2)n1C. The van der Waals surface area contributed by atoms with E-state index in [1.54, 1.807) is 49.1 Å². The summed E-state index contributed by atoms with van der Waals surface area (Å²) < 4.78 is 4.27. The van der Waals surface area contributed by atoms with Crippen molar-refractivity contribution >= 4 is 39.4 Å². The molecule has 4 rings (SSSR count). The maximum atomic E-state index is 13.0. The number of amides is 1. The van der Waals surface area contributed by atoms with E-state index in [9.17, 15) is 9.59 Å². The number of benzene rings is 3. The third kappa shape index (κ3) is 4.48. The van der Waals surface area contributed by atoms with Crippen LogP contribution in [0.15, 0.2) is 93.1 Å². The molecule has 160 valence electrons. The molecule has 0 saturated carbocycles. The van der Waals surface area contributed by atoms with Gasteiger partial charge in [-0.15, -0.1) is 0 Å². The van der Waals surface area contributed by atoms with Crippen LogP contribution >= 0.6 is 15.9 Å². The average Bonchev–Trinajstić information content (AvgIpc) is 3.02. The summed E-state index contributed by atoms with van der Waals surface area (Å²) in [4.78, 5) is 30.2. The van der Waals surface area contributed by atoms with E-state index in [1.807, 2.05) is 54.6 Å². The number of nitrogens with one attached hydrogen (secondary N) is 1. The third-order valence-electron chi connectivity index (χ3n) is 5.15. The van der Waals surface area contributed by atoms with Gasteiger partial charge in [-0.1, -0.05) is 46.3 Å². The molecule has 1 N–H and O–H groups in total. The molecule has 0 fully saturated rings. The number of para-hydroxylation sites is 1. The number of rotatable bonds is 5. The topological polar surface area (TPSA) is 68.4 Å². The van der Waals surface area contributed by atoms with Crippen molar-refractivity contribution in [3.8, 4) is 5.69 Å². The standard InChI is InChI=1S/C25H21BrN4O2/c1-17-23(25(32)30(29(17)2)22-6-4-3-5-7-22)28-24(31)19-10-14-21(15-11-19)27-16-18-8-12-20(26)13-9-18/h3-16H,1-2H3,(H,28,31). The number of aliphatic imine (C=N–C) groups is 1. The molecule has 0 unspecified atom stereocenters. The number of hydrogen-bond acceptors (Lipinski definition) is 3. The average molecular weight is 489 g/mol. The number of halogens is 1. The van der Waals surface area contributed by atoms with Gasteiger partial charge in [0.15, 0.2) is 0 Å². The summed E-state index contributed by atoms with van der Waals surface area (Å²) in [5, 5.41) is 2.77.